The largest absolute Gasteiger partial charge is 0.491 e. The Morgan fingerprint density at radius 3 is 2.05 bits per heavy atom. The Hall–Kier alpha value is -2.60. The highest BCUT2D eigenvalue weighted by atomic mass is 32.2. The van der Waals surface area contributed by atoms with Crippen molar-refractivity contribution < 1.29 is 9.53 Å². The number of para-hydroxylation sites is 3. The van der Waals surface area contributed by atoms with E-state index >= 15 is 0 Å². The van der Waals surface area contributed by atoms with E-state index in [1.807, 2.05) is 54.2 Å². The SMILES string of the molecule is CCCCCCCCCCCCCCOc1ccccc1NC(=O)Nc1ccccc1CN1C=C(C)SC1. The highest BCUT2D eigenvalue weighted by Gasteiger charge is 2.14. The third-order valence-electron chi connectivity index (χ3n) is 6.85. The zero-order valence-electron chi connectivity index (χ0n) is 23.5. The first-order chi connectivity index (χ1) is 18.7. The molecule has 0 fully saturated rings. The van der Waals surface area contributed by atoms with E-state index in [-0.39, 0.29) is 6.03 Å². The predicted molar refractivity (Wildman–Crippen MR) is 164 cm³/mol. The maximum absolute atomic E-state index is 12.9. The van der Waals surface area contributed by atoms with Crippen molar-refractivity contribution in [2.45, 2.75) is 97.4 Å². The van der Waals surface area contributed by atoms with Gasteiger partial charge in [0.25, 0.3) is 0 Å². The molecule has 5 nitrogen and oxygen atoms in total. The predicted octanol–water partition coefficient (Wildman–Crippen LogP) is 9.78. The van der Waals surface area contributed by atoms with Crippen molar-refractivity contribution in [3.63, 3.8) is 0 Å². The first-order valence-electron chi connectivity index (χ1n) is 14.6. The van der Waals surface area contributed by atoms with E-state index < -0.39 is 0 Å². The van der Waals surface area contributed by atoms with Gasteiger partial charge in [-0.2, -0.15) is 0 Å². The van der Waals surface area contributed by atoms with Crippen LogP contribution < -0.4 is 15.4 Å². The summed E-state index contributed by atoms with van der Waals surface area (Å²) in [6.07, 6.45) is 18.0. The molecule has 2 N–H and O–H groups in total. The lowest BCUT2D eigenvalue weighted by Crippen LogP contribution is -2.22. The molecule has 2 aromatic rings. The average Bonchev–Trinajstić information content (AvgIpc) is 3.33. The van der Waals surface area contributed by atoms with Crippen molar-refractivity contribution >= 4 is 29.2 Å². The number of hydrogen-bond acceptors (Lipinski definition) is 4. The Balaban J connectivity index is 1.34. The van der Waals surface area contributed by atoms with Gasteiger partial charge in [-0.3, -0.25) is 0 Å². The van der Waals surface area contributed by atoms with Crippen LogP contribution in [0.5, 0.6) is 5.75 Å². The van der Waals surface area contributed by atoms with E-state index in [1.54, 1.807) is 0 Å². The molecule has 2 amide bonds. The standard InChI is InChI=1S/C32H47N3O2S/c1-3-4-5-6-7-8-9-10-11-12-13-18-23-37-31-22-17-16-21-30(31)34-32(36)33-29-20-15-14-19-28(29)25-35-24-27(2)38-26-35/h14-17,19-22,24H,3-13,18,23,25-26H2,1-2H3,(H2,33,34,36). The van der Waals surface area contributed by atoms with Gasteiger partial charge < -0.3 is 20.3 Å². The summed E-state index contributed by atoms with van der Waals surface area (Å²) < 4.78 is 6.04. The van der Waals surface area contributed by atoms with Crippen molar-refractivity contribution in [1.82, 2.24) is 4.90 Å². The number of hydrogen-bond donors (Lipinski definition) is 2. The van der Waals surface area contributed by atoms with E-state index in [0.29, 0.717) is 18.0 Å². The second kappa shape index (κ2) is 17.8. The Morgan fingerprint density at radius 1 is 0.816 bits per heavy atom. The number of allylic oxidation sites excluding steroid dienone is 1. The molecule has 1 aliphatic heterocycles. The number of nitrogens with zero attached hydrogens (tertiary/aromatic N) is 1. The lowest BCUT2D eigenvalue weighted by atomic mass is 10.1. The molecule has 0 saturated heterocycles. The van der Waals surface area contributed by atoms with Gasteiger partial charge in [-0.25, -0.2) is 4.79 Å². The van der Waals surface area contributed by atoms with Gasteiger partial charge in [0.1, 0.15) is 5.75 Å². The molecule has 208 valence electrons. The summed E-state index contributed by atoms with van der Waals surface area (Å²) in [5.41, 5.74) is 2.60. The number of urea groups is 1. The van der Waals surface area contributed by atoms with E-state index in [1.165, 1.54) is 75.5 Å². The molecule has 0 saturated carbocycles. The third-order valence-corrected chi connectivity index (χ3v) is 7.87. The summed E-state index contributed by atoms with van der Waals surface area (Å²) in [7, 11) is 0. The van der Waals surface area contributed by atoms with E-state index in [4.69, 9.17) is 4.74 Å². The molecule has 0 unspecified atom stereocenters. The van der Waals surface area contributed by atoms with Gasteiger partial charge in [-0.05, 0) is 42.0 Å². The number of thioether (sulfide) groups is 1. The van der Waals surface area contributed by atoms with E-state index in [2.05, 4.69) is 41.6 Å². The van der Waals surface area contributed by atoms with Crippen LogP contribution in [0.25, 0.3) is 0 Å². The van der Waals surface area contributed by atoms with E-state index in [9.17, 15) is 4.79 Å². The fourth-order valence-electron chi connectivity index (χ4n) is 4.70. The summed E-state index contributed by atoms with van der Waals surface area (Å²) in [6.45, 7) is 5.83. The second-order valence-corrected chi connectivity index (χ2v) is 11.4. The highest BCUT2D eigenvalue weighted by Crippen LogP contribution is 2.28. The van der Waals surface area contributed by atoms with Crippen LogP contribution in [-0.4, -0.2) is 23.4 Å². The van der Waals surface area contributed by atoms with Crippen LogP contribution >= 0.6 is 11.8 Å². The average molecular weight is 538 g/mol. The fraction of sp³-hybridized carbons (Fsp3) is 0.531. The molecule has 1 heterocycles. The van der Waals surface area contributed by atoms with Crippen LogP contribution in [-0.2, 0) is 6.54 Å². The molecule has 0 aromatic heterocycles. The van der Waals surface area contributed by atoms with Crippen LogP contribution in [0.3, 0.4) is 0 Å². The molecule has 0 atom stereocenters. The molecule has 0 aliphatic carbocycles. The molecule has 0 spiro atoms. The summed E-state index contributed by atoms with van der Waals surface area (Å²) in [6, 6.07) is 15.4. The molecule has 2 aromatic carbocycles. The number of anilines is 2. The maximum atomic E-state index is 12.9. The Bertz CT molecular complexity index is 994. The number of carbonyl (C=O) groups excluding carboxylic acids is 1. The van der Waals surface area contributed by atoms with Crippen LogP contribution in [0.4, 0.5) is 16.2 Å². The highest BCUT2D eigenvalue weighted by molar-refractivity contribution is 8.03. The van der Waals surface area contributed by atoms with Gasteiger partial charge >= 0.3 is 6.03 Å². The topological polar surface area (TPSA) is 53.6 Å². The van der Waals surface area contributed by atoms with Crippen molar-refractivity contribution in [1.29, 1.82) is 0 Å². The number of benzene rings is 2. The van der Waals surface area contributed by atoms with Crippen molar-refractivity contribution in [3.05, 3.63) is 65.2 Å². The van der Waals surface area contributed by atoms with Crippen LogP contribution in [0.15, 0.2) is 59.6 Å². The number of amides is 2. The summed E-state index contributed by atoms with van der Waals surface area (Å²) in [5, 5.41) is 6.01. The lowest BCUT2D eigenvalue weighted by molar-refractivity contribution is 0.261. The zero-order valence-corrected chi connectivity index (χ0v) is 24.3. The maximum Gasteiger partial charge on any atom is 0.323 e. The number of unbranched alkanes of at least 4 members (excludes halogenated alkanes) is 11. The number of rotatable bonds is 18. The van der Waals surface area contributed by atoms with Crippen LogP contribution in [0.2, 0.25) is 0 Å². The second-order valence-electron chi connectivity index (χ2n) is 10.2. The van der Waals surface area contributed by atoms with Gasteiger partial charge in [0.15, 0.2) is 0 Å². The minimum atomic E-state index is -0.263. The smallest absolute Gasteiger partial charge is 0.323 e. The van der Waals surface area contributed by atoms with Crippen molar-refractivity contribution in [2.24, 2.45) is 0 Å². The summed E-state index contributed by atoms with van der Waals surface area (Å²) in [5.74, 6) is 1.66. The zero-order chi connectivity index (χ0) is 26.8. The number of nitrogens with one attached hydrogen (secondary N) is 2. The molecule has 38 heavy (non-hydrogen) atoms. The molecule has 0 radical (unpaired) electrons. The Morgan fingerprint density at radius 2 is 1.39 bits per heavy atom. The molecular formula is C32H47N3O2S. The summed E-state index contributed by atoms with van der Waals surface area (Å²) in [4.78, 5) is 16.4. The molecule has 3 rings (SSSR count). The first-order valence-corrected chi connectivity index (χ1v) is 15.6. The fourth-order valence-corrected chi connectivity index (χ4v) is 5.46. The molecule has 0 bridgehead atoms. The molecular weight excluding hydrogens is 490 g/mol. The molecule has 6 heteroatoms. The van der Waals surface area contributed by atoms with Gasteiger partial charge in [0.05, 0.1) is 18.2 Å². The van der Waals surface area contributed by atoms with E-state index in [0.717, 1.165) is 30.1 Å². The minimum Gasteiger partial charge on any atom is -0.491 e. The normalized spacial score (nSPS) is 12.9. The van der Waals surface area contributed by atoms with Crippen LogP contribution in [0, 0.1) is 0 Å². The van der Waals surface area contributed by atoms with Gasteiger partial charge in [-0.1, -0.05) is 108 Å². The number of ether oxygens (including phenoxy) is 1. The first kappa shape index (κ1) is 29.9. The molecule has 1 aliphatic rings. The van der Waals surface area contributed by atoms with Crippen molar-refractivity contribution in [3.8, 4) is 5.75 Å². The van der Waals surface area contributed by atoms with Crippen LogP contribution in [0.1, 0.15) is 96.5 Å². The number of carbonyl (C=O) groups is 1. The van der Waals surface area contributed by atoms with Gasteiger partial charge in [-0.15, -0.1) is 11.8 Å². The van der Waals surface area contributed by atoms with Crippen molar-refractivity contribution in [2.75, 3.05) is 23.1 Å². The quantitative estimate of drug-likeness (QED) is 0.186. The Kier molecular flexibility index (Phi) is 14.0. The Labute approximate surface area is 234 Å². The lowest BCUT2D eigenvalue weighted by Gasteiger charge is -2.18. The third kappa shape index (κ3) is 11.4. The van der Waals surface area contributed by atoms with Gasteiger partial charge in [0.2, 0.25) is 0 Å². The summed E-state index contributed by atoms with van der Waals surface area (Å²) >= 11 is 1.84. The monoisotopic (exact) mass is 537 g/mol. The van der Waals surface area contributed by atoms with Gasteiger partial charge in [0, 0.05) is 18.4 Å². The minimum absolute atomic E-state index is 0.263.